The molecule has 1 aliphatic rings. The van der Waals surface area contributed by atoms with Crippen molar-refractivity contribution in [2.75, 3.05) is 26.2 Å². The number of aromatic nitrogens is 2. The number of hydrogen-bond donors (Lipinski definition) is 1. The van der Waals surface area contributed by atoms with Crippen LogP contribution in [0, 0.1) is 11.3 Å². The van der Waals surface area contributed by atoms with E-state index in [4.69, 9.17) is 5.11 Å². The van der Waals surface area contributed by atoms with Gasteiger partial charge in [-0.05, 0) is 23.8 Å². The molecule has 1 N–H and O–H groups in total. The van der Waals surface area contributed by atoms with Gasteiger partial charge in [-0.1, -0.05) is 6.07 Å². The fourth-order valence-electron chi connectivity index (χ4n) is 3.58. The van der Waals surface area contributed by atoms with Crippen LogP contribution in [-0.4, -0.2) is 81.4 Å². The summed E-state index contributed by atoms with van der Waals surface area (Å²) in [5.41, 5.74) is 1.99. The molecule has 2 heterocycles. The largest absolute Gasteiger partial charge is 0.480 e. The van der Waals surface area contributed by atoms with Gasteiger partial charge in [-0.3, -0.25) is 14.4 Å². The van der Waals surface area contributed by atoms with Crippen LogP contribution in [0.3, 0.4) is 0 Å². The molecule has 0 atom stereocenters. The first-order valence-corrected chi connectivity index (χ1v) is 10.4. The second-order valence-corrected chi connectivity index (χ2v) is 7.89. The van der Waals surface area contributed by atoms with Crippen molar-refractivity contribution in [3.05, 3.63) is 41.6 Å². The van der Waals surface area contributed by atoms with Crippen LogP contribution in [0.4, 0.5) is 31.1 Å². The van der Waals surface area contributed by atoms with E-state index in [0.29, 0.717) is 22.4 Å². The Balaban J connectivity index is 1.68. The number of carbonyl (C=O) groups excluding carboxylic acids is 1. The summed E-state index contributed by atoms with van der Waals surface area (Å²) >= 11 is 0. The molecule has 0 radical (unpaired) electrons. The third kappa shape index (κ3) is 6.66. The van der Waals surface area contributed by atoms with E-state index in [0.717, 1.165) is 4.90 Å². The summed E-state index contributed by atoms with van der Waals surface area (Å²) in [4.78, 5) is 25.5. The molecule has 1 saturated heterocycles. The number of nitriles is 1. The minimum Gasteiger partial charge on any atom is -0.480 e. The number of ether oxygens (including phenoxy) is 1. The molecule has 1 aliphatic heterocycles. The average Bonchev–Trinajstić information content (AvgIpc) is 3.24. The first kappa shape index (κ1) is 26.8. The zero-order valence-corrected chi connectivity index (χ0v) is 18.4. The van der Waals surface area contributed by atoms with E-state index in [1.807, 2.05) is 11.0 Å². The molecule has 0 saturated carbocycles. The van der Waals surface area contributed by atoms with Crippen LogP contribution >= 0.6 is 0 Å². The molecule has 36 heavy (non-hydrogen) atoms. The number of halogens is 6. The number of alkyl halides is 6. The summed E-state index contributed by atoms with van der Waals surface area (Å²) in [7, 11) is 0. The van der Waals surface area contributed by atoms with Crippen LogP contribution in [0.15, 0.2) is 30.5 Å². The van der Waals surface area contributed by atoms with Gasteiger partial charge in [-0.25, -0.2) is 4.79 Å². The highest BCUT2D eigenvalue weighted by Crippen LogP contribution is 2.36. The van der Waals surface area contributed by atoms with Gasteiger partial charge in [-0.2, -0.15) is 36.7 Å². The van der Waals surface area contributed by atoms with Crippen LogP contribution < -0.4 is 0 Å². The van der Waals surface area contributed by atoms with E-state index in [1.165, 1.54) is 10.9 Å². The van der Waals surface area contributed by atoms with Gasteiger partial charge in [0.25, 0.3) is 6.10 Å². The molecule has 2 aromatic rings. The summed E-state index contributed by atoms with van der Waals surface area (Å²) in [5, 5.41) is 22.4. The Kier molecular flexibility index (Phi) is 7.77. The number of carboxylic acid groups (broad SMARTS) is 1. The van der Waals surface area contributed by atoms with Crippen molar-refractivity contribution in [2.24, 2.45) is 0 Å². The highest BCUT2D eigenvalue weighted by atomic mass is 19.4. The van der Waals surface area contributed by atoms with Crippen LogP contribution in [0.25, 0.3) is 11.3 Å². The minimum absolute atomic E-state index is 0.130. The average molecular weight is 519 g/mol. The fraction of sp³-hybridized carbons (Fsp3) is 0.429. The lowest BCUT2D eigenvalue weighted by Gasteiger charge is -2.35. The SMILES string of the molecule is N#Cc1ccc(CN2CCN(C(=O)OC(C(F)(F)F)C(F)(F)F)CC2)c(-c2ccn(CC(=O)O)n2)c1. The lowest BCUT2D eigenvalue weighted by atomic mass is 10.0. The number of piperazine rings is 1. The topological polar surface area (TPSA) is 112 Å². The van der Waals surface area contributed by atoms with Gasteiger partial charge < -0.3 is 14.7 Å². The lowest BCUT2D eigenvalue weighted by molar-refractivity contribution is -0.308. The van der Waals surface area contributed by atoms with Crippen molar-refractivity contribution in [3.8, 4) is 17.3 Å². The standard InChI is InChI=1S/C21H19F6N5O4/c22-20(23,24)18(21(25,26)27)36-19(35)31-7-5-30(6-8-31)11-14-2-1-13(10-28)9-15(14)16-3-4-32(29-16)12-17(33)34/h1-4,9,18H,5-8,11-12H2,(H,33,34). The summed E-state index contributed by atoms with van der Waals surface area (Å²) in [5.74, 6) is -1.09. The summed E-state index contributed by atoms with van der Waals surface area (Å²) in [6.07, 6.45) is -16.0. The molecule has 0 bridgehead atoms. The molecule has 194 valence electrons. The molecule has 1 amide bonds. The molecule has 0 spiro atoms. The molecule has 9 nitrogen and oxygen atoms in total. The first-order valence-electron chi connectivity index (χ1n) is 10.4. The van der Waals surface area contributed by atoms with E-state index >= 15 is 0 Å². The Labute approximate surface area is 200 Å². The van der Waals surface area contributed by atoms with Gasteiger partial charge in [0.2, 0.25) is 0 Å². The summed E-state index contributed by atoms with van der Waals surface area (Å²) < 4.78 is 80.9. The molecule has 1 fully saturated rings. The third-order valence-corrected chi connectivity index (χ3v) is 5.29. The number of amides is 1. The molecular formula is C21H19F6N5O4. The van der Waals surface area contributed by atoms with Gasteiger partial charge in [0.15, 0.2) is 0 Å². The number of aliphatic carboxylic acids is 1. The maximum absolute atomic E-state index is 12.7. The molecule has 3 rings (SSSR count). The third-order valence-electron chi connectivity index (χ3n) is 5.29. The molecule has 0 aliphatic carbocycles. The Morgan fingerprint density at radius 2 is 1.72 bits per heavy atom. The van der Waals surface area contributed by atoms with E-state index in [9.17, 15) is 41.2 Å². The van der Waals surface area contributed by atoms with Crippen molar-refractivity contribution >= 4 is 12.1 Å². The second kappa shape index (κ2) is 10.4. The predicted molar refractivity (Wildman–Crippen MR) is 109 cm³/mol. The van der Waals surface area contributed by atoms with Crippen molar-refractivity contribution in [3.63, 3.8) is 0 Å². The fourth-order valence-corrected chi connectivity index (χ4v) is 3.58. The van der Waals surface area contributed by atoms with Gasteiger partial charge in [0.1, 0.15) is 6.54 Å². The zero-order valence-electron chi connectivity index (χ0n) is 18.4. The monoisotopic (exact) mass is 519 g/mol. The maximum Gasteiger partial charge on any atom is 0.434 e. The molecule has 0 unspecified atom stereocenters. The molecule has 15 heteroatoms. The Morgan fingerprint density at radius 1 is 1.08 bits per heavy atom. The highest BCUT2D eigenvalue weighted by molar-refractivity contribution is 5.69. The number of benzene rings is 1. The van der Waals surface area contributed by atoms with E-state index in [-0.39, 0.29) is 39.3 Å². The van der Waals surface area contributed by atoms with Crippen LogP contribution in [0.5, 0.6) is 0 Å². The van der Waals surface area contributed by atoms with Crippen molar-refractivity contribution in [2.45, 2.75) is 31.5 Å². The Bertz CT molecular complexity index is 1130. The van der Waals surface area contributed by atoms with Gasteiger partial charge in [0, 0.05) is 44.5 Å². The molecule has 1 aromatic carbocycles. The summed E-state index contributed by atoms with van der Waals surface area (Å²) in [6, 6.07) is 8.39. The maximum atomic E-state index is 12.7. The molecular weight excluding hydrogens is 500 g/mol. The predicted octanol–water partition coefficient (Wildman–Crippen LogP) is 3.25. The quantitative estimate of drug-likeness (QED) is 0.584. The van der Waals surface area contributed by atoms with E-state index in [2.05, 4.69) is 9.84 Å². The van der Waals surface area contributed by atoms with Crippen molar-refractivity contribution in [1.82, 2.24) is 19.6 Å². The van der Waals surface area contributed by atoms with Crippen molar-refractivity contribution < 1.29 is 45.8 Å². The number of hydrogen-bond acceptors (Lipinski definition) is 6. The Hall–Kier alpha value is -3.80. The van der Waals surface area contributed by atoms with Crippen LogP contribution in [-0.2, 0) is 22.6 Å². The van der Waals surface area contributed by atoms with Gasteiger partial charge >= 0.3 is 24.4 Å². The van der Waals surface area contributed by atoms with Crippen LogP contribution in [0.2, 0.25) is 0 Å². The molecule has 1 aromatic heterocycles. The zero-order chi connectivity index (χ0) is 26.7. The smallest absolute Gasteiger partial charge is 0.434 e. The van der Waals surface area contributed by atoms with E-state index in [1.54, 1.807) is 24.3 Å². The van der Waals surface area contributed by atoms with Crippen molar-refractivity contribution in [1.29, 1.82) is 5.26 Å². The number of nitrogens with zero attached hydrogens (tertiary/aromatic N) is 5. The van der Waals surface area contributed by atoms with E-state index < -0.39 is 30.5 Å². The number of carbonyl (C=O) groups is 2. The highest BCUT2D eigenvalue weighted by Gasteiger charge is 2.60. The first-order chi connectivity index (χ1) is 16.8. The van der Waals surface area contributed by atoms with Crippen LogP contribution in [0.1, 0.15) is 11.1 Å². The van der Waals surface area contributed by atoms with Gasteiger partial charge in [0.05, 0.1) is 17.3 Å². The normalized spacial score (nSPS) is 15.1. The second-order valence-electron chi connectivity index (χ2n) is 7.89. The summed E-state index contributed by atoms with van der Waals surface area (Å²) in [6.45, 7) is -0.173. The van der Waals surface area contributed by atoms with Gasteiger partial charge in [-0.15, -0.1) is 0 Å². The Morgan fingerprint density at radius 3 is 2.28 bits per heavy atom. The minimum atomic E-state index is -5.79. The number of carboxylic acids is 1. The number of rotatable bonds is 6. The lowest BCUT2D eigenvalue weighted by Crippen LogP contribution is -2.52.